The summed E-state index contributed by atoms with van der Waals surface area (Å²) in [6.45, 7) is 0. The molecule has 2 saturated heterocycles. The van der Waals surface area contributed by atoms with Gasteiger partial charge in [-0.25, -0.2) is 0 Å². The molecule has 3 atom stereocenters. The first-order valence-electron chi connectivity index (χ1n) is 8.09. The number of pyridine rings is 1. The molecule has 2 aliphatic heterocycles. The maximum absolute atomic E-state index is 12.5. The van der Waals surface area contributed by atoms with Crippen LogP contribution in [0.2, 0.25) is 0 Å². The molecule has 3 aromatic heterocycles. The fraction of sp³-hybridized carbons (Fsp3) is 0.375. The Labute approximate surface area is 137 Å². The van der Waals surface area contributed by atoms with Gasteiger partial charge in [0.2, 0.25) is 5.88 Å². The van der Waals surface area contributed by atoms with E-state index in [9.17, 15) is 4.79 Å². The summed E-state index contributed by atoms with van der Waals surface area (Å²) in [5.41, 5.74) is 0.969. The maximum Gasteiger partial charge on any atom is 0.270 e. The van der Waals surface area contributed by atoms with Gasteiger partial charge in [-0.3, -0.25) is 9.78 Å². The van der Waals surface area contributed by atoms with E-state index in [0.29, 0.717) is 29.2 Å². The number of carbonyl (C=O) groups excluding carboxylic acids is 1. The van der Waals surface area contributed by atoms with E-state index in [0.717, 1.165) is 18.2 Å². The Hall–Kier alpha value is -2.74. The van der Waals surface area contributed by atoms with Gasteiger partial charge in [-0.2, -0.15) is 4.68 Å². The Morgan fingerprint density at radius 1 is 1.38 bits per heavy atom. The van der Waals surface area contributed by atoms with Crippen molar-refractivity contribution in [1.82, 2.24) is 30.6 Å². The Balaban J connectivity index is 1.39. The Bertz CT molecular complexity index is 903. The number of fused-ring (bicyclic) bond motifs is 3. The minimum Gasteiger partial charge on any atom is -0.438 e. The van der Waals surface area contributed by atoms with E-state index in [2.05, 4.69) is 25.9 Å². The molecule has 0 unspecified atom stereocenters. The highest BCUT2D eigenvalue weighted by Crippen LogP contribution is 2.28. The van der Waals surface area contributed by atoms with Crippen molar-refractivity contribution >= 4 is 16.9 Å². The molecule has 0 radical (unpaired) electrons. The summed E-state index contributed by atoms with van der Waals surface area (Å²) in [4.78, 5) is 16.8. The summed E-state index contributed by atoms with van der Waals surface area (Å²) < 4.78 is 7.28. The summed E-state index contributed by atoms with van der Waals surface area (Å²) in [7, 11) is 0. The first-order chi connectivity index (χ1) is 11.8. The van der Waals surface area contributed by atoms with Gasteiger partial charge < -0.3 is 15.1 Å². The molecule has 0 saturated carbocycles. The van der Waals surface area contributed by atoms with E-state index in [4.69, 9.17) is 4.42 Å². The van der Waals surface area contributed by atoms with Crippen molar-refractivity contribution in [3.05, 3.63) is 36.4 Å². The van der Waals surface area contributed by atoms with Crippen LogP contribution in [0.25, 0.3) is 16.9 Å². The Kier molecular flexibility index (Phi) is 2.93. The van der Waals surface area contributed by atoms with Gasteiger partial charge in [-0.1, -0.05) is 5.21 Å². The second kappa shape index (κ2) is 5.13. The van der Waals surface area contributed by atoms with Gasteiger partial charge in [0.25, 0.3) is 5.91 Å². The number of hydrogen-bond acceptors (Lipinski definition) is 6. The molecule has 2 N–H and O–H groups in total. The average Bonchev–Trinajstić information content (AvgIpc) is 3.35. The summed E-state index contributed by atoms with van der Waals surface area (Å²) >= 11 is 0. The number of rotatable bonds is 3. The minimum atomic E-state index is -0.157. The lowest BCUT2D eigenvalue weighted by molar-refractivity contribution is 0.0926. The van der Waals surface area contributed by atoms with Crippen LogP contribution in [0, 0.1) is 0 Å². The number of carbonyl (C=O) groups is 1. The maximum atomic E-state index is 12.5. The Morgan fingerprint density at radius 3 is 3.08 bits per heavy atom. The predicted octanol–water partition coefficient (Wildman–Crippen LogP) is 1.03. The second-order valence-electron chi connectivity index (χ2n) is 6.40. The van der Waals surface area contributed by atoms with Crippen molar-refractivity contribution in [2.24, 2.45) is 0 Å². The topological polar surface area (TPSA) is 97.9 Å². The highest BCUT2D eigenvalue weighted by atomic mass is 16.4. The molecule has 24 heavy (non-hydrogen) atoms. The smallest absolute Gasteiger partial charge is 0.270 e. The molecule has 1 amide bonds. The van der Waals surface area contributed by atoms with Crippen LogP contribution in [0.5, 0.6) is 0 Å². The van der Waals surface area contributed by atoms with E-state index < -0.39 is 0 Å². The summed E-state index contributed by atoms with van der Waals surface area (Å²) in [5.74, 6) is 0.383. The van der Waals surface area contributed by atoms with E-state index in [1.807, 2.05) is 6.07 Å². The van der Waals surface area contributed by atoms with Gasteiger partial charge in [0.15, 0.2) is 0 Å². The predicted molar refractivity (Wildman–Crippen MR) is 84.7 cm³/mol. The van der Waals surface area contributed by atoms with E-state index in [1.165, 1.54) is 11.1 Å². The van der Waals surface area contributed by atoms with Gasteiger partial charge in [0.05, 0.1) is 12.4 Å². The number of nitrogens with zero attached hydrogens (tertiary/aromatic N) is 4. The molecular formula is C16H16N6O2. The standard InChI is InChI=1S/C16H16N6O2/c23-16(20-12-6-10-1-2-11(12)19-10)13-7-14-9(8-17-13)5-15(24-14)22-4-3-18-21-22/h3-5,7-8,10-12,19H,1-2,6H2,(H,20,23)/t10-,11+,12-/m1/s1. The zero-order valence-corrected chi connectivity index (χ0v) is 12.8. The number of aromatic nitrogens is 4. The van der Waals surface area contributed by atoms with Crippen LogP contribution in [0.15, 0.2) is 35.1 Å². The monoisotopic (exact) mass is 324 g/mol. The van der Waals surface area contributed by atoms with Crippen LogP contribution < -0.4 is 10.6 Å². The van der Waals surface area contributed by atoms with Gasteiger partial charge in [-0.15, -0.1) is 5.10 Å². The van der Waals surface area contributed by atoms with E-state index in [1.54, 1.807) is 24.7 Å². The van der Waals surface area contributed by atoms with Crippen LogP contribution in [0.1, 0.15) is 29.8 Å². The SMILES string of the molecule is O=C(N[C@@H]1C[C@H]2CC[C@@H]1N2)c1cc2oc(-n3ccnn3)cc2cn1. The Morgan fingerprint density at radius 2 is 2.33 bits per heavy atom. The van der Waals surface area contributed by atoms with Gasteiger partial charge in [0.1, 0.15) is 11.3 Å². The molecule has 3 aromatic rings. The normalized spacial score (nSPS) is 25.4. The summed E-state index contributed by atoms with van der Waals surface area (Å²) in [6, 6.07) is 4.62. The lowest BCUT2D eigenvalue weighted by Crippen LogP contribution is -2.43. The van der Waals surface area contributed by atoms with Gasteiger partial charge in [0, 0.05) is 41.8 Å². The van der Waals surface area contributed by atoms with Crippen LogP contribution in [-0.4, -0.2) is 44.0 Å². The molecule has 0 aromatic carbocycles. The average molecular weight is 324 g/mol. The first-order valence-corrected chi connectivity index (χ1v) is 8.09. The summed E-state index contributed by atoms with van der Waals surface area (Å²) in [6.07, 6.45) is 8.25. The van der Waals surface area contributed by atoms with Crippen molar-refractivity contribution in [3.63, 3.8) is 0 Å². The number of amides is 1. The molecular weight excluding hydrogens is 308 g/mol. The molecule has 5 rings (SSSR count). The molecule has 8 nitrogen and oxygen atoms in total. The fourth-order valence-electron chi connectivity index (χ4n) is 3.71. The third kappa shape index (κ3) is 2.18. The summed E-state index contributed by atoms with van der Waals surface area (Å²) in [5, 5.41) is 15.1. The third-order valence-corrected chi connectivity index (χ3v) is 4.89. The molecule has 8 heteroatoms. The molecule has 0 aliphatic carbocycles. The fourth-order valence-corrected chi connectivity index (χ4v) is 3.71. The number of furan rings is 1. The molecule has 5 heterocycles. The van der Waals surface area contributed by atoms with Crippen molar-refractivity contribution in [1.29, 1.82) is 0 Å². The highest BCUT2D eigenvalue weighted by molar-refractivity contribution is 5.95. The molecule has 2 fully saturated rings. The largest absolute Gasteiger partial charge is 0.438 e. The number of hydrogen-bond donors (Lipinski definition) is 2. The van der Waals surface area contributed by atoms with Crippen LogP contribution in [-0.2, 0) is 0 Å². The van der Waals surface area contributed by atoms with E-state index >= 15 is 0 Å². The van der Waals surface area contributed by atoms with Crippen molar-refractivity contribution in [3.8, 4) is 5.88 Å². The lowest BCUT2D eigenvalue weighted by Gasteiger charge is -2.21. The van der Waals surface area contributed by atoms with Crippen LogP contribution >= 0.6 is 0 Å². The third-order valence-electron chi connectivity index (χ3n) is 4.89. The van der Waals surface area contributed by atoms with E-state index in [-0.39, 0.29) is 11.9 Å². The van der Waals surface area contributed by atoms with Crippen molar-refractivity contribution in [2.75, 3.05) is 0 Å². The second-order valence-corrected chi connectivity index (χ2v) is 6.40. The van der Waals surface area contributed by atoms with Gasteiger partial charge >= 0.3 is 0 Å². The highest BCUT2D eigenvalue weighted by Gasteiger charge is 2.39. The molecule has 2 bridgehead atoms. The zero-order valence-electron chi connectivity index (χ0n) is 12.8. The van der Waals surface area contributed by atoms with Crippen molar-refractivity contribution < 1.29 is 9.21 Å². The first kappa shape index (κ1) is 13.7. The van der Waals surface area contributed by atoms with Crippen LogP contribution in [0.4, 0.5) is 0 Å². The van der Waals surface area contributed by atoms with Crippen molar-refractivity contribution in [2.45, 2.75) is 37.4 Å². The minimum absolute atomic E-state index is 0.157. The molecule has 2 aliphatic rings. The molecule has 0 spiro atoms. The van der Waals surface area contributed by atoms with Gasteiger partial charge in [-0.05, 0) is 19.3 Å². The zero-order chi connectivity index (χ0) is 16.1. The molecule has 122 valence electrons. The lowest BCUT2D eigenvalue weighted by atomic mass is 9.95. The quantitative estimate of drug-likeness (QED) is 0.747. The number of nitrogens with one attached hydrogen (secondary N) is 2. The van der Waals surface area contributed by atoms with Crippen LogP contribution in [0.3, 0.4) is 0 Å².